The van der Waals surface area contributed by atoms with Gasteiger partial charge in [0.1, 0.15) is 0 Å². The molecule has 0 unspecified atom stereocenters. The summed E-state index contributed by atoms with van der Waals surface area (Å²) in [5, 5.41) is 0. The lowest BCUT2D eigenvalue weighted by Crippen LogP contribution is -2.18. The highest BCUT2D eigenvalue weighted by molar-refractivity contribution is 8.77. The molecule has 1 heterocycles. The molecule has 1 saturated heterocycles. The van der Waals surface area contributed by atoms with Crippen molar-refractivity contribution in [2.75, 3.05) is 11.5 Å². The van der Waals surface area contributed by atoms with Crippen molar-refractivity contribution in [1.29, 1.82) is 0 Å². The van der Waals surface area contributed by atoms with Gasteiger partial charge in [-0.1, -0.05) is 47.7 Å². The molecule has 58 valence electrons. The second kappa shape index (κ2) is 3.98. The molecule has 3 heteroatoms. The van der Waals surface area contributed by atoms with Gasteiger partial charge in [-0.2, -0.15) is 0 Å². The molecule has 0 aliphatic carbocycles. The van der Waals surface area contributed by atoms with Gasteiger partial charge in [-0.25, -0.2) is 0 Å². The van der Waals surface area contributed by atoms with Crippen LogP contribution in [0.3, 0.4) is 0 Å². The van der Waals surface area contributed by atoms with Gasteiger partial charge < -0.3 is 0 Å². The van der Waals surface area contributed by atoms with E-state index in [0.717, 1.165) is 0 Å². The van der Waals surface area contributed by atoms with Gasteiger partial charge in [0.15, 0.2) is 0 Å². The van der Waals surface area contributed by atoms with Crippen LogP contribution in [0, 0.1) is 11.8 Å². The fourth-order valence-corrected chi connectivity index (χ4v) is 4.15. The molecular formula is C7H12S3. The van der Waals surface area contributed by atoms with Crippen molar-refractivity contribution in [3.63, 3.8) is 0 Å². The molecule has 0 amide bonds. The lowest BCUT2D eigenvalue weighted by molar-refractivity contribution is 0.807. The second-order valence-electron chi connectivity index (χ2n) is 2.82. The Kier molecular flexibility index (Phi) is 3.53. The molecule has 1 rings (SSSR count). The first-order chi connectivity index (χ1) is 4.72. The Balaban J connectivity index is 2.40. The average molecular weight is 192 g/mol. The normalized spacial score (nSPS) is 20.3. The maximum Gasteiger partial charge on any atom is 0.0119 e. The van der Waals surface area contributed by atoms with Crippen molar-refractivity contribution in [3.8, 4) is 0 Å². The van der Waals surface area contributed by atoms with Crippen molar-refractivity contribution < 1.29 is 0 Å². The highest BCUT2D eigenvalue weighted by atomic mass is 33.1. The topological polar surface area (TPSA) is 0 Å². The van der Waals surface area contributed by atoms with Crippen molar-refractivity contribution in [3.05, 3.63) is 0 Å². The van der Waals surface area contributed by atoms with E-state index in [1.54, 1.807) is 0 Å². The molecule has 10 heavy (non-hydrogen) atoms. The maximum absolute atomic E-state index is 5.31. The van der Waals surface area contributed by atoms with E-state index in [9.17, 15) is 0 Å². The van der Waals surface area contributed by atoms with Crippen LogP contribution in [0.1, 0.15) is 13.8 Å². The van der Waals surface area contributed by atoms with E-state index in [4.69, 9.17) is 12.2 Å². The monoisotopic (exact) mass is 192 g/mol. The molecule has 0 N–H and O–H groups in total. The highest BCUT2D eigenvalue weighted by Crippen LogP contribution is 2.36. The molecule has 1 aliphatic rings. The van der Waals surface area contributed by atoms with Gasteiger partial charge in [-0.15, -0.1) is 0 Å². The standard InChI is InChI=1S/C7H12S3/c1-5(2)7(8)6-3-9-10-4-6/h5-6H,3-4H2,1-2H3. The highest BCUT2D eigenvalue weighted by Gasteiger charge is 2.22. The lowest BCUT2D eigenvalue weighted by Gasteiger charge is -2.12. The molecule has 0 spiro atoms. The zero-order valence-electron chi connectivity index (χ0n) is 6.29. The summed E-state index contributed by atoms with van der Waals surface area (Å²) >= 11 is 5.31. The average Bonchev–Trinajstić information content (AvgIpc) is 2.36. The van der Waals surface area contributed by atoms with Crippen LogP contribution in [0.5, 0.6) is 0 Å². The Morgan fingerprint density at radius 2 is 1.90 bits per heavy atom. The molecule has 0 aromatic heterocycles. The van der Waals surface area contributed by atoms with Crippen LogP contribution in [0.2, 0.25) is 0 Å². The van der Waals surface area contributed by atoms with Crippen LogP contribution in [0.4, 0.5) is 0 Å². The van der Waals surface area contributed by atoms with Crippen molar-refractivity contribution in [2.45, 2.75) is 13.8 Å². The number of thiocarbonyl (C=S) groups is 1. The maximum atomic E-state index is 5.31. The predicted molar refractivity (Wildman–Crippen MR) is 55.8 cm³/mol. The lowest BCUT2D eigenvalue weighted by atomic mass is 10.0. The van der Waals surface area contributed by atoms with Gasteiger partial charge in [-0.3, -0.25) is 0 Å². The van der Waals surface area contributed by atoms with Gasteiger partial charge in [0, 0.05) is 22.3 Å². The molecule has 1 aliphatic heterocycles. The fraction of sp³-hybridized carbons (Fsp3) is 0.857. The van der Waals surface area contributed by atoms with E-state index >= 15 is 0 Å². The zero-order chi connectivity index (χ0) is 7.56. The van der Waals surface area contributed by atoms with Gasteiger partial charge >= 0.3 is 0 Å². The summed E-state index contributed by atoms with van der Waals surface area (Å²) in [7, 11) is 3.91. The van der Waals surface area contributed by atoms with Crippen LogP contribution < -0.4 is 0 Å². The van der Waals surface area contributed by atoms with Gasteiger partial charge in [0.2, 0.25) is 0 Å². The third-order valence-corrected chi connectivity index (χ3v) is 4.96. The Hall–Kier alpha value is 0.790. The van der Waals surface area contributed by atoms with Crippen LogP contribution in [-0.4, -0.2) is 16.4 Å². The second-order valence-corrected chi connectivity index (χ2v) is 5.85. The largest absolute Gasteiger partial charge is 0.0934 e. The van der Waals surface area contributed by atoms with Crippen LogP contribution >= 0.6 is 33.8 Å². The Morgan fingerprint density at radius 3 is 2.30 bits per heavy atom. The molecule has 0 aromatic carbocycles. The Bertz CT molecular complexity index is 125. The third kappa shape index (κ3) is 2.14. The van der Waals surface area contributed by atoms with E-state index < -0.39 is 0 Å². The van der Waals surface area contributed by atoms with Crippen molar-refractivity contribution in [1.82, 2.24) is 0 Å². The number of rotatable bonds is 2. The fourth-order valence-electron chi connectivity index (χ4n) is 0.944. The van der Waals surface area contributed by atoms with Crippen molar-refractivity contribution >= 4 is 38.7 Å². The van der Waals surface area contributed by atoms with E-state index in [1.807, 2.05) is 21.6 Å². The predicted octanol–water partition coefficient (Wildman–Crippen LogP) is 3.02. The quantitative estimate of drug-likeness (QED) is 0.487. The van der Waals surface area contributed by atoms with Crippen molar-refractivity contribution in [2.24, 2.45) is 11.8 Å². The molecule has 1 fully saturated rings. The first-order valence-corrected chi connectivity index (χ1v) is 6.39. The van der Waals surface area contributed by atoms with Crippen LogP contribution in [0.25, 0.3) is 0 Å². The molecule has 0 radical (unpaired) electrons. The van der Waals surface area contributed by atoms with E-state index in [-0.39, 0.29) is 0 Å². The van der Waals surface area contributed by atoms with Crippen LogP contribution in [-0.2, 0) is 0 Å². The summed E-state index contributed by atoms with van der Waals surface area (Å²) in [4.78, 5) is 1.28. The van der Waals surface area contributed by atoms with Gasteiger partial charge in [0.25, 0.3) is 0 Å². The number of hydrogen-bond donors (Lipinski definition) is 0. The SMILES string of the molecule is CC(C)C(=S)C1CSSC1. The summed E-state index contributed by atoms with van der Waals surface area (Å²) in [6.07, 6.45) is 0. The molecule has 0 aromatic rings. The molecule has 0 bridgehead atoms. The smallest absolute Gasteiger partial charge is 0.0119 e. The van der Waals surface area contributed by atoms with Gasteiger partial charge in [-0.05, 0) is 5.92 Å². The zero-order valence-corrected chi connectivity index (χ0v) is 8.74. The van der Waals surface area contributed by atoms with Crippen LogP contribution in [0.15, 0.2) is 0 Å². The third-order valence-electron chi connectivity index (χ3n) is 1.59. The summed E-state index contributed by atoms with van der Waals surface area (Å²) < 4.78 is 0. The summed E-state index contributed by atoms with van der Waals surface area (Å²) in [5.74, 6) is 3.79. The first-order valence-electron chi connectivity index (χ1n) is 3.50. The summed E-state index contributed by atoms with van der Waals surface area (Å²) in [6, 6.07) is 0. The summed E-state index contributed by atoms with van der Waals surface area (Å²) in [5.41, 5.74) is 0. The Morgan fingerprint density at radius 1 is 1.40 bits per heavy atom. The molecule has 0 atom stereocenters. The van der Waals surface area contributed by atoms with E-state index in [2.05, 4.69) is 13.8 Å². The van der Waals surface area contributed by atoms with E-state index in [0.29, 0.717) is 11.8 Å². The van der Waals surface area contributed by atoms with Gasteiger partial charge in [0.05, 0.1) is 0 Å². The molecule has 0 saturated carbocycles. The first kappa shape index (κ1) is 8.88. The number of hydrogen-bond acceptors (Lipinski definition) is 3. The molecule has 0 nitrogen and oxygen atoms in total. The minimum Gasteiger partial charge on any atom is -0.0934 e. The minimum absolute atomic E-state index is 0.597. The summed E-state index contributed by atoms with van der Waals surface area (Å²) in [6.45, 7) is 4.38. The minimum atomic E-state index is 0.597. The van der Waals surface area contributed by atoms with E-state index in [1.165, 1.54) is 16.4 Å². The Labute approximate surface area is 75.9 Å². The molecular weight excluding hydrogens is 180 g/mol.